The summed E-state index contributed by atoms with van der Waals surface area (Å²) in [5, 5.41) is 9.91. The molecule has 3 aromatic rings. The molecule has 3 rings (SSSR count). The van der Waals surface area contributed by atoms with E-state index in [0.717, 1.165) is 11.3 Å². The second-order valence-corrected chi connectivity index (χ2v) is 6.45. The molecule has 1 aromatic carbocycles. The lowest BCUT2D eigenvalue weighted by Crippen LogP contribution is -1.98. The second kappa shape index (κ2) is 5.96. The average molecular weight is 372 g/mol. The van der Waals surface area contributed by atoms with E-state index < -0.39 is 11.8 Å². The molecular weight excluding hydrogens is 364 g/mol. The second-order valence-electron chi connectivity index (χ2n) is 4.55. The summed E-state index contributed by atoms with van der Waals surface area (Å²) in [5.74, 6) is -2.06. The fourth-order valence-electron chi connectivity index (χ4n) is 2.27. The van der Waals surface area contributed by atoms with Crippen LogP contribution in [0.1, 0.15) is 9.67 Å². The lowest BCUT2D eigenvalue weighted by atomic mass is 10.0. The first-order chi connectivity index (χ1) is 10.9. The van der Waals surface area contributed by atoms with Gasteiger partial charge in [-0.3, -0.25) is 4.98 Å². The molecule has 0 saturated carbocycles. The number of aromatic nitrogens is 1. The molecule has 118 valence electrons. The summed E-state index contributed by atoms with van der Waals surface area (Å²) in [5.41, 5.74) is 0.603. The van der Waals surface area contributed by atoms with E-state index in [1.807, 2.05) is 0 Å². The molecule has 8 heteroatoms. The summed E-state index contributed by atoms with van der Waals surface area (Å²) >= 11 is 12.8. The van der Waals surface area contributed by atoms with E-state index in [-0.39, 0.29) is 26.8 Å². The van der Waals surface area contributed by atoms with Crippen LogP contribution in [-0.4, -0.2) is 23.2 Å². The highest BCUT2D eigenvalue weighted by Gasteiger charge is 2.25. The summed E-state index contributed by atoms with van der Waals surface area (Å²) in [7, 11) is 1.29. The van der Waals surface area contributed by atoms with Gasteiger partial charge in [0.1, 0.15) is 4.88 Å². The third kappa shape index (κ3) is 2.63. The minimum atomic E-state index is -1.17. The van der Waals surface area contributed by atoms with Crippen LogP contribution >= 0.6 is 34.5 Å². The number of methoxy groups -OCH3 is 1. The molecule has 0 fully saturated rings. The van der Waals surface area contributed by atoms with Crippen LogP contribution in [0, 0.1) is 5.82 Å². The Balaban J connectivity index is 2.40. The number of carbonyl (C=O) groups is 1. The minimum absolute atomic E-state index is 0.0296. The van der Waals surface area contributed by atoms with Crippen LogP contribution in [0.25, 0.3) is 21.3 Å². The number of hydrogen-bond acceptors (Lipinski definition) is 4. The van der Waals surface area contributed by atoms with E-state index in [1.54, 1.807) is 6.07 Å². The molecule has 0 aliphatic rings. The zero-order chi connectivity index (χ0) is 16.7. The fraction of sp³-hybridized carbons (Fsp3) is 0.0667. The molecule has 0 unspecified atom stereocenters. The van der Waals surface area contributed by atoms with Crippen LogP contribution in [-0.2, 0) is 0 Å². The molecule has 2 aromatic heterocycles. The summed E-state index contributed by atoms with van der Waals surface area (Å²) in [6, 6.07) is 4.45. The third-order valence-electron chi connectivity index (χ3n) is 3.21. The van der Waals surface area contributed by atoms with Crippen LogP contribution in [0.2, 0.25) is 10.0 Å². The standard InChI is InChI=1S/C15H8Cl2FNO3S/c1-22-13-8(17)3-2-7(11(13)18)10-12-9(4-6(16)5-19-12)23-14(10)15(20)21/h2-5H,1H3,(H,20,21). The van der Waals surface area contributed by atoms with Crippen molar-refractivity contribution in [3.63, 3.8) is 0 Å². The number of benzene rings is 1. The van der Waals surface area contributed by atoms with Gasteiger partial charge in [0.25, 0.3) is 0 Å². The molecule has 0 amide bonds. The van der Waals surface area contributed by atoms with E-state index in [0.29, 0.717) is 15.2 Å². The highest BCUT2D eigenvalue weighted by atomic mass is 35.5. The van der Waals surface area contributed by atoms with Crippen molar-refractivity contribution in [2.24, 2.45) is 0 Å². The highest BCUT2D eigenvalue weighted by Crippen LogP contribution is 2.42. The maximum atomic E-state index is 14.7. The largest absolute Gasteiger partial charge is 0.492 e. The fourth-order valence-corrected chi connectivity index (χ4v) is 3.77. The van der Waals surface area contributed by atoms with Crippen LogP contribution in [0.15, 0.2) is 24.4 Å². The summed E-state index contributed by atoms with van der Waals surface area (Å²) < 4.78 is 20.2. The zero-order valence-corrected chi connectivity index (χ0v) is 13.9. The van der Waals surface area contributed by atoms with Crippen molar-refractivity contribution in [1.82, 2.24) is 4.98 Å². The van der Waals surface area contributed by atoms with E-state index in [9.17, 15) is 14.3 Å². The lowest BCUT2D eigenvalue weighted by Gasteiger charge is -2.09. The van der Waals surface area contributed by atoms with Crippen molar-refractivity contribution in [1.29, 1.82) is 0 Å². The van der Waals surface area contributed by atoms with Gasteiger partial charge in [-0.25, -0.2) is 9.18 Å². The van der Waals surface area contributed by atoms with Gasteiger partial charge in [0.2, 0.25) is 0 Å². The van der Waals surface area contributed by atoms with Crippen LogP contribution in [0.3, 0.4) is 0 Å². The monoisotopic (exact) mass is 371 g/mol. The molecule has 2 heterocycles. The number of ether oxygens (including phenoxy) is 1. The Kier molecular flexibility index (Phi) is 4.14. The maximum Gasteiger partial charge on any atom is 0.346 e. The molecule has 0 bridgehead atoms. The number of rotatable bonds is 3. The van der Waals surface area contributed by atoms with Gasteiger partial charge in [-0.05, 0) is 18.2 Å². The van der Waals surface area contributed by atoms with Crippen molar-refractivity contribution in [2.75, 3.05) is 7.11 Å². The van der Waals surface area contributed by atoms with E-state index in [1.165, 1.54) is 25.4 Å². The Morgan fingerprint density at radius 2 is 2.13 bits per heavy atom. The quantitative estimate of drug-likeness (QED) is 0.694. The number of thiophene rings is 1. The van der Waals surface area contributed by atoms with Crippen molar-refractivity contribution < 1.29 is 19.0 Å². The zero-order valence-electron chi connectivity index (χ0n) is 11.6. The van der Waals surface area contributed by atoms with E-state index in [2.05, 4.69) is 4.98 Å². The Hall–Kier alpha value is -1.89. The number of hydrogen-bond donors (Lipinski definition) is 1. The van der Waals surface area contributed by atoms with Gasteiger partial charge in [-0.15, -0.1) is 11.3 Å². The molecule has 23 heavy (non-hydrogen) atoms. The van der Waals surface area contributed by atoms with Crippen LogP contribution in [0.4, 0.5) is 4.39 Å². The van der Waals surface area contributed by atoms with Crippen LogP contribution < -0.4 is 4.74 Å². The number of nitrogens with zero attached hydrogens (tertiary/aromatic N) is 1. The Morgan fingerprint density at radius 3 is 2.78 bits per heavy atom. The number of carboxylic acids is 1. The number of aromatic carboxylic acids is 1. The predicted molar refractivity (Wildman–Crippen MR) is 88.5 cm³/mol. The number of fused-ring (bicyclic) bond motifs is 1. The first kappa shape index (κ1) is 16.0. The number of halogens is 3. The summed E-state index contributed by atoms with van der Waals surface area (Å²) in [4.78, 5) is 15.7. The molecule has 0 radical (unpaired) electrons. The maximum absolute atomic E-state index is 14.7. The lowest BCUT2D eigenvalue weighted by molar-refractivity contribution is 0.0703. The topological polar surface area (TPSA) is 59.4 Å². The first-order valence-electron chi connectivity index (χ1n) is 6.27. The van der Waals surface area contributed by atoms with Gasteiger partial charge < -0.3 is 9.84 Å². The molecule has 0 spiro atoms. The van der Waals surface area contributed by atoms with Gasteiger partial charge in [-0.2, -0.15) is 0 Å². The molecule has 4 nitrogen and oxygen atoms in total. The predicted octanol–water partition coefficient (Wildman–Crippen LogP) is 5.12. The Bertz CT molecular complexity index is 942. The smallest absolute Gasteiger partial charge is 0.346 e. The van der Waals surface area contributed by atoms with Crippen molar-refractivity contribution in [3.05, 3.63) is 45.1 Å². The van der Waals surface area contributed by atoms with Crippen molar-refractivity contribution in [2.45, 2.75) is 0 Å². The van der Waals surface area contributed by atoms with Crippen LogP contribution in [0.5, 0.6) is 5.75 Å². The average Bonchev–Trinajstić information content (AvgIpc) is 2.86. The highest BCUT2D eigenvalue weighted by molar-refractivity contribution is 7.21. The Labute approximate surface area is 144 Å². The van der Waals surface area contributed by atoms with E-state index >= 15 is 0 Å². The molecule has 0 aliphatic carbocycles. The third-order valence-corrected chi connectivity index (χ3v) is 4.83. The van der Waals surface area contributed by atoms with Gasteiger partial charge >= 0.3 is 5.97 Å². The molecular formula is C15H8Cl2FNO3S. The Morgan fingerprint density at radius 1 is 1.39 bits per heavy atom. The molecule has 0 aliphatic heterocycles. The SMILES string of the molecule is COc1c(Cl)ccc(-c2c(C(=O)O)sc3cc(Cl)cnc23)c1F. The van der Waals surface area contributed by atoms with Gasteiger partial charge in [0.05, 0.1) is 27.4 Å². The molecule has 1 N–H and O–H groups in total. The normalized spacial score (nSPS) is 11.0. The summed E-state index contributed by atoms with van der Waals surface area (Å²) in [6.45, 7) is 0. The van der Waals surface area contributed by atoms with Gasteiger partial charge in [0, 0.05) is 17.3 Å². The first-order valence-corrected chi connectivity index (χ1v) is 7.85. The van der Waals surface area contributed by atoms with Gasteiger partial charge in [0.15, 0.2) is 11.6 Å². The molecule has 0 saturated heterocycles. The summed E-state index contributed by atoms with van der Waals surface area (Å²) in [6.07, 6.45) is 1.39. The van der Waals surface area contributed by atoms with Gasteiger partial charge in [-0.1, -0.05) is 23.2 Å². The van der Waals surface area contributed by atoms with Crippen molar-refractivity contribution in [3.8, 4) is 16.9 Å². The minimum Gasteiger partial charge on any atom is -0.492 e. The molecule has 0 atom stereocenters. The van der Waals surface area contributed by atoms with E-state index in [4.69, 9.17) is 27.9 Å². The number of pyridine rings is 1. The van der Waals surface area contributed by atoms with Crippen molar-refractivity contribution >= 4 is 50.7 Å². The number of carboxylic acid groups (broad SMARTS) is 1.